The molecule has 3 nitrogen and oxygen atoms in total. The summed E-state index contributed by atoms with van der Waals surface area (Å²) in [7, 11) is 0. The summed E-state index contributed by atoms with van der Waals surface area (Å²) in [5, 5.41) is 2.34. The zero-order valence-corrected chi connectivity index (χ0v) is 17.8. The topological polar surface area (TPSA) is 34.9 Å². The molecule has 0 atom stereocenters. The maximum absolute atomic E-state index is 13.3. The molecule has 29 heavy (non-hydrogen) atoms. The lowest BCUT2D eigenvalue weighted by Gasteiger charge is -2.13. The van der Waals surface area contributed by atoms with Gasteiger partial charge in [0, 0.05) is 15.1 Å². The molecule has 0 bridgehead atoms. The Morgan fingerprint density at radius 2 is 1.48 bits per heavy atom. The van der Waals surface area contributed by atoms with E-state index >= 15 is 0 Å². The third kappa shape index (κ3) is 4.05. The molecule has 7 heteroatoms. The van der Waals surface area contributed by atoms with E-state index in [-0.39, 0.29) is 5.56 Å². The predicted octanol–water partition coefficient (Wildman–Crippen LogP) is 7.17. The Bertz CT molecular complexity index is 1330. The van der Waals surface area contributed by atoms with E-state index in [0.29, 0.717) is 42.5 Å². The highest BCUT2D eigenvalue weighted by molar-refractivity contribution is 6.36. The van der Waals surface area contributed by atoms with Crippen molar-refractivity contribution in [1.29, 1.82) is 0 Å². The first-order valence-corrected chi connectivity index (χ1v) is 10.1. The molecule has 0 amide bonds. The van der Waals surface area contributed by atoms with Gasteiger partial charge < -0.3 is 0 Å². The van der Waals surface area contributed by atoms with Gasteiger partial charge in [0.2, 0.25) is 0 Å². The van der Waals surface area contributed by atoms with Crippen LogP contribution in [0.4, 0.5) is 0 Å². The summed E-state index contributed by atoms with van der Waals surface area (Å²) >= 11 is 24.6. The van der Waals surface area contributed by atoms with E-state index in [4.69, 9.17) is 46.4 Å². The quantitative estimate of drug-likeness (QED) is 0.324. The Labute approximate surface area is 186 Å². The maximum Gasteiger partial charge on any atom is 0.266 e. The fraction of sp³-hybridized carbons (Fsp3) is 0. The van der Waals surface area contributed by atoms with Crippen LogP contribution in [0.5, 0.6) is 0 Å². The number of para-hydroxylation sites is 1. The SMILES string of the molecule is O=c1c2ccccc2nc(/C=C/c2ccc(Cl)cc2Cl)n1-c1ccc(Cl)cc1Cl. The van der Waals surface area contributed by atoms with E-state index in [9.17, 15) is 4.79 Å². The molecule has 0 saturated heterocycles. The first-order valence-electron chi connectivity index (χ1n) is 8.54. The van der Waals surface area contributed by atoms with Gasteiger partial charge in [0.1, 0.15) is 5.82 Å². The van der Waals surface area contributed by atoms with Gasteiger partial charge in [-0.25, -0.2) is 4.98 Å². The van der Waals surface area contributed by atoms with E-state index in [1.54, 1.807) is 66.7 Å². The van der Waals surface area contributed by atoms with E-state index in [2.05, 4.69) is 4.98 Å². The van der Waals surface area contributed by atoms with Gasteiger partial charge in [-0.15, -0.1) is 0 Å². The normalized spacial score (nSPS) is 11.4. The van der Waals surface area contributed by atoms with Gasteiger partial charge in [-0.2, -0.15) is 0 Å². The van der Waals surface area contributed by atoms with Crippen molar-refractivity contribution >= 4 is 69.5 Å². The van der Waals surface area contributed by atoms with Crippen molar-refractivity contribution in [3.8, 4) is 5.69 Å². The summed E-state index contributed by atoms with van der Waals surface area (Å²) < 4.78 is 1.46. The molecule has 0 N–H and O–H groups in total. The standard InChI is InChI=1S/C22H12Cl4N2O/c23-14-7-5-13(17(25)11-14)6-10-21-27-19-4-2-1-3-16(19)22(29)28(21)20-9-8-15(24)12-18(20)26/h1-12H/b10-6+. The lowest BCUT2D eigenvalue weighted by molar-refractivity contribution is 0.944. The Morgan fingerprint density at radius 3 is 2.21 bits per heavy atom. The van der Waals surface area contributed by atoms with E-state index in [1.807, 2.05) is 6.07 Å². The largest absolute Gasteiger partial charge is 0.268 e. The molecule has 4 rings (SSSR count). The molecular formula is C22H12Cl4N2O. The number of aromatic nitrogens is 2. The van der Waals surface area contributed by atoms with Gasteiger partial charge in [-0.05, 0) is 60.2 Å². The summed E-state index contributed by atoms with van der Waals surface area (Å²) in [6, 6.07) is 17.3. The Balaban J connectivity index is 1.97. The number of hydrogen-bond donors (Lipinski definition) is 0. The average Bonchev–Trinajstić information content (AvgIpc) is 2.68. The van der Waals surface area contributed by atoms with Crippen molar-refractivity contribution < 1.29 is 0 Å². The van der Waals surface area contributed by atoms with Crippen LogP contribution in [-0.4, -0.2) is 9.55 Å². The van der Waals surface area contributed by atoms with Crippen molar-refractivity contribution in [2.75, 3.05) is 0 Å². The van der Waals surface area contributed by atoms with Gasteiger partial charge in [0.05, 0.1) is 21.6 Å². The molecule has 1 heterocycles. The third-order valence-corrected chi connectivity index (χ3v) is 5.43. The van der Waals surface area contributed by atoms with Crippen LogP contribution in [0, 0.1) is 0 Å². The Morgan fingerprint density at radius 1 is 0.793 bits per heavy atom. The minimum atomic E-state index is -0.235. The van der Waals surface area contributed by atoms with E-state index < -0.39 is 0 Å². The number of benzene rings is 3. The summed E-state index contributed by atoms with van der Waals surface area (Å²) in [6.07, 6.45) is 3.49. The lowest BCUT2D eigenvalue weighted by atomic mass is 10.2. The minimum Gasteiger partial charge on any atom is -0.268 e. The maximum atomic E-state index is 13.3. The monoisotopic (exact) mass is 460 g/mol. The summed E-state index contributed by atoms with van der Waals surface area (Å²) in [6.45, 7) is 0. The van der Waals surface area contributed by atoms with Crippen LogP contribution in [0.3, 0.4) is 0 Å². The van der Waals surface area contributed by atoms with Crippen LogP contribution in [0.25, 0.3) is 28.7 Å². The highest BCUT2D eigenvalue weighted by Gasteiger charge is 2.14. The molecule has 0 fully saturated rings. The second kappa shape index (κ2) is 8.21. The molecule has 3 aromatic carbocycles. The first kappa shape index (κ1) is 20.0. The number of halogens is 4. The predicted molar refractivity (Wildman–Crippen MR) is 123 cm³/mol. The molecular weight excluding hydrogens is 450 g/mol. The van der Waals surface area contributed by atoms with Crippen LogP contribution in [0.15, 0.2) is 65.5 Å². The van der Waals surface area contributed by atoms with Crippen molar-refractivity contribution in [3.05, 3.63) is 102 Å². The molecule has 0 aliphatic carbocycles. The number of hydrogen-bond acceptors (Lipinski definition) is 2. The van der Waals surface area contributed by atoms with Crippen molar-refractivity contribution in [2.24, 2.45) is 0 Å². The van der Waals surface area contributed by atoms with Gasteiger partial charge in [0.25, 0.3) is 5.56 Å². The Kier molecular flexibility index (Phi) is 5.66. The van der Waals surface area contributed by atoms with Crippen LogP contribution in [0.2, 0.25) is 20.1 Å². The highest BCUT2D eigenvalue weighted by atomic mass is 35.5. The van der Waals surface area contributed by atoms with Gasteiger partial charge in [-0.3, -0.25) is 9.36 Å². The van der Waals surface area contributed by atoms with Crippen molar-refractivity contribution in [1.82, 2.24) is 9.55 Å². The van der Waals surface area contributed by atoms with Crippen molar-refractivity contribution in [2.45, 2.75) is 0 Å². The molecule has 1 aromatic heterocycles. The van der Waals surface area contributed by atoms with E-state index in [0.717, 1.165) is 5.56 Å². The van der Waals surface area contributed by atoms with Crippen molar-refractivity contribution in [3.63, 3.8) is 0 Å². The van der Waals surface area contributed by atoms with E-state index in [1.165, 1.54) is 4.57 Å². The molecule has 0 radical (unpaired) electrons. The molecule has 0 unspecified atom stereocenters. The fourth-order valence-electron chi connectivity index (χ4n) is 2.96. The average molecular weight is 462 g/mol. The zero-order valence-electron chi connectivity index (χ0n) is 14.7. The number of fused-ring (bicyclic) bond motifs is 1. The second-order valence-corrected chi connectivity index (χ2v) is 7.91. The molecule has 144 valence electrons. The number of nitrogens with zero attached hydrogens (tertiary/aromatic N) is 2. The lowest BCUT2D eigenvalue weighted by Crippen LogP contribution is -2.22. The fourth-order valence-corrected chi connectivity index (χ4v) is 3.92. The third-order valence-electron chi connectivity index (χ3n) is 4.33. The Hall–Kier alpha value is -2.30. The van der Waals surface area contributed by atoms with Crippen LogP contribution in [0.1, 0.15) is 11.4 Å². The van der Waals surface area contributed by atoms with Gasteiger partial charge >= 0.3 is 0 Å². The molecule has 0 spiro atoms. The smallest absolute Gasteiger partial charge is 0.266 e. The summed E-state index contributed by atoms with van der Waals surface area (Å²) in [5.74, 6) is 0.406. The minimum absolute atomic E-state index is 0.235. The first-order chi connectivity index (χ1) is 13.9. The van der Waals surface area contributed by atoms with Crippen LogP contribution in [-0.2, 0) is 0 Å². The molecule has 0 saturated carbocycles. The molecule has 0 aliphatic heterocycles. The molecule has 0 aliphatic rings. The van der Waals surface area contributed by atoms with Gasteiger partial charge in [-0.1, -0.05) is 64.6 Å². The molecule has 4 aromatic rings. The second-order valence-electron chi connectivity index (χ2n) is 6.22. The highest BCUT2D eigenvalue weighted by Crippen LogP contribution is 2.26. The number of rotatable bonds is 3. The summed E-state index contributed by atoms with van der Waals surface area (Å²) in [4.78, 5) is 17.9. The van der Waals surface area contributed by atoms with Crippen LogP contribution < -0.4 is 5.56 Å². The van der Waals surface area contributed by atoms with Crippen LogP contribution >= 0.6 is 46.4 Å². The van der Waals surface area contributed by atoms with Gasteiger partial charge in [0.15, 0.2) is 0 Å². The zero-order chi connectivity index (χ0) is 20.5. The summed E-state index contributed by atoms with van der Waals surface area (Å²) in [5.41, 5.74) is 1.58.